The fourth-order valence-corrected chi connectivity index (χ4v) is 14.5. The van der Waals surface area contributed by atoms with E-state index in [1.807, 2.05) is 15.6 Å². The molecule has 0 fully saturated rings. The summed E-state index contributed by atoms with van der Waals surface area (Å²) in [7, 11) is -2.01. The molecule has 0 saturated heterocycles. The van der Waals surface area contributed by atoms with E-state index in [4.69, 9.17) is 10.2 Å². The van der Waals surface area contributed by atoms with Crippen LogP contribution in [0, 0.1) is 0 Å². The molecule has 127 valence electrons. The van der Waals surface area contributed by atoms with Gasteiger partial charge in [0.25, 0.3) is 0 Å². The van der Waals surface area contributed by atoms with Crippen molar-refractivity contribution in [3.63, 3.8) is 0 Å². The molecule has 1 aliphatic rings. The Morgan fingerprint density at radius 2 is 0.955 bits per heavy atom. The van der Waals surface area contributed by atoms with Gasteiger partial charge in [0.2, 0.25) is 0 Å². The van der Waals surface area contributed by atoms with Gasteiger partial charge in [0.05, 0.1) is 0 Å². The second kappa shape index (κ2) is 9.30. The van der Waals surface area contributed by atoms with Crippen molar-refractivity contribution < 1.29 is 30.6 Å². The Balaban J connectivity index is 0. The summed E-state index contributed by atoms with van der Waals surface area (Å²) in [6.07, 6.45) is 1.33. The van der Waals surface area contributed by atoms with Crippen LogP contribution < -0.4 is 10.2 Å². The van der Waals surface area contributed by atoms with Gasteiger partial charge < -0.3 is 10.2 Å². The third-order valence-electron chi connectivity index (χ3n) is 3.77. The maximum absolute atomic E-state index is 8.25. The molecule has 22 heavy (non-hydrogen) atoms. The Bertz CT molecular complexity index is 422. The van der Waals surface area contributed by atoms with Gasteiger partial charge in [0.15, 0.2) is 0 Å². The molecule has 0 aliphatic heterocycles. The molecular weight excluding hydrogens is 356 g/mol. The summed E-state index contributed by atoms with van der Waals surface area (Å²) < 4.78 is 1.71. The van der Waals surface area contributed by atoms with E-state index >= 15 is 0 Å². The van der Waals surface area contributed by atoms with Crippen LogP contribution in [0.15, 0.2) is 19.5 Å². The molecule has 0 saturated carbocycles. The number of hydrogen-bond acceptors (Lipinski definition) is 2. The fraction of sp³-hybridized carbons (Fsp3) is 0.750. The molecule has 0 aromatic heterocycles. The minimum atomic E-state index is -1.20. The van der Waals surface area contributed by atoms with Crippen molar-refractivity contribution >= 4 is 24.2 Å². The summed E-state index contributed by atoms with van der Waals surface area (Å²) in [6.45, 7) is 22.7. The zero-order valence-electron chi connectivity index (χ0n) is 16.5. The molecule has 2 nitrogen and oxygen atoms in total. The molecule has 0 bridgehead atoms. The van der Waals surface area contributed by atoms with Crippen LogP contribution in [-0.2, 0) is 20.4 Å². The van der Waals surface area contributed by atoms with Crippen molar-refractivity contribution in [1.82, 2.24) is 0 Å². The average molecular weight is 392 g/mol. The van der Waals surface area contributed by atoms with Gasteiger partial charge in [-0.1, -0.05) is 0 Å². The van der Waals surface area contributed by atoms with Crippen molar-refractivity contribution in [2.45, 2.75) is 65.3 Å². The van der Waals surface area contributed by atoms with Crippen LogP contribution >= 0.6 is 0 Å². The van der Waals surface area contributed by atoms with Crippen LogP contribution in [0.2, 0.25) is 58.9 Å². The van der Waals surface area contributed by atoms with Crippen molar-refractivity contribution in [1.29, 1.82) is 0 Å². The van der Waals surface area contributed by atoms with E-state index in [2.05, 4.69) is 79.4 Å². The summed E-state index contributed by atoms with van der Waals surface area (Å²) in [6, 6.07) is 0. The van der Waals surface area contributed by atoms with E-state index in [1.165, 1.54) is 6.42 Å². The van der Waals surface area contributed by atoms with Gasteiger partial charge in [-0.15, -0.1) is 0 Å². The summed E-state index contributed by atoms with van der Waals surface area (Å²) in [4.78, 5) is 0. The van der Waals surface area contributed by atoms with E-state index < -0.39 is 24.2 Å². The summed E-state index contributed by atoms with van der Waals surface area (Å²) >= 11 is 2.42. The number of allylic oxidation sites excluding steroid dienone is 4. The summed E-state index contributed by atoms with van der Waals surface area (Å²) in [5.74, 6) is 0. The molecular formula is C16H35O2Si3Ti. The van der Waals surface area contributed by atoms with Crippen LogP contribution in [-0.4, -0.2) is 38.4 Å². The molecule has 0 unspecified atom stereocenters. The van der Waals surface area contributed by atoms with Crippen LogP contribution in [0.1, 0.15) is 6.42 Å². The van der Waals surface area contributed by atoms with Gasteiger partial charge >= 0.3 is 129 Å². The van der Waals surface area contributed by atoms with E-state index in [-0.39, 0.29) is 0 Å². The average Bonchev–Trinajstić information content (AvgIpc) is 2.71. The van der Waals surface area contributed by atoms with Crippen LogP contribution in [0.3, 0.4) is 0 Å². The molecule has 1 aliphatic carbocycles. The SMILES string of the molecule is C[O-].C[O-].C[Si](C)(C)C1=[C]([Ti+2])C([Si](C)(C)C)=C([Si](C)(C)C)C1. The van der Waals surface area contributed by atoms with Gasteiger partial charge in [-0.25, -0.2) is 0 Å². The van der Waals surface area contributed by atoms with Gasteiger partial charge in [0.1, 0.15) is 0 Å². The van der Waals surface area contributed by atoms with E-state index in [9.17, 15) is 0 Å². The Morgan fingerprint density at radius 3 is 1.14 bits per heavy atom. The Labute approximate surface area is 153 Å². The Kier molecular flexibility index (Phi) is 10.6. The van der Waals surface area contributed by atoms with Crippen LogP contribution in [0.4, 0.5) is 0 Å². The second-order valence-corrected chi connectivity index (χ2v) is 24.6. The van der Waals surface area contributed by atoms with Crippen molar-refractivity contribution in [3.05, 3.63) is 19.5 Å². The molecule has 0 N–H and O–H groups in total. The van der Waals surface area contributed by atoms with E-state index in [0.29, 0.717) is 0 Å². The van der Waals surface area contributed by atoms with E-state index in [0.717, 1.165) is 14.2 Å². The summed E-state index contributed by atoms with van der Waals surface area (Å²) in [5.41, 5.74) is 0. The second-order valence-electron chi connectivity index (χ2n) is 8.63. The van der Waals surface area contributed by atoms with Gasteiger partial charge in [-0.2, -0.15) is 14.2 Å². The quantitative estimate of drug-likeness (QED) is 0.694. The number of rotatable bonds is 3. The first-order valence-electron chi connectivity index (χ1n) is 7.77. The topological polar surface area (TPSA) is 46.1 Å². The fourth-order valence-electron chi connectivity index (χ4n) is 2.76. The molecule has 0 amide bonds. The zero-order chi connectivity index (χ0) is 18.5. The van der Waals surface area contributed by atoms with E-state index in [1.54, 1.807) is 3.88 Å². The molecule has 0 aromatic rings. The number of hydrogen-bond donors (Lipinski definition) is 0. The van der Waals surface area contributed by atoms with Gasteiger partial charge in [-0.3, -0.25) is 0 Å². The first-order valence-corrected chi connectivity index (χ1v) is 19.1. The molecule has 0 atom stereocenters. The first kappa shape index (κ1) is 25.0. The standard InChI is InChI=1S/C14H29Si3.2CH3O.Ti/c1-15(2,3)12-10-13(16(4,5)6)14(11-12)17(7,8)9;2*1-2;/h10H2,1-9H3;2*1H3;/q;2*-1;+2. The molecule has 0 radical (unpaired) electrons. The maximum atomic E-state index is 8.25. The first-order chi connectivity index (χ1) is 9.76. The predicted molar refractivity (Wildman–Crippen MR) is 101 cm³/mol. The summed E-state index contributed by atoms with van der Waals surface area (Å²) in [5, 5.41) is 22.1. The molecule has 0 spiro atoms. The third kappa shape index (κ3) is 6.71. The predicted octanol–water partition coefficient (Wildman–Crippen LogP) is 3.07. The molecule has 6 heteroatoms. The molecule has 0 heterocycles. The van der Waals surface area contributed by atoms with Crippen LogP contribution in [0.5, 0.6) is 0 Å². The monoisotopic (exact) mass is 391 g/mol. The van der Waals surface area contributed by atoms with Crippen molar-refractivity contribution in [2.24, 2.45) is 0 Å². The molecule has 0 aromatic carbocycles. The zero-order valence-corrected chi connectivity index (χ0v) is 21.1. The third-order valence-corrected chi connectivity index (χ3v) is 12.2. The van der Waals surface area contributed by atoms with Gasteiger partial charge in [0, 0.05) is 0 Å². The van der Waals surface area contributed by atoms with Crippen LogP contribution in [0.25, 0.3) is 0 Å². The Morgan fingerprint density at radius 1 is 0.636 bits per heavy atom. The minimum absolute atomic E-state index is 0.750. The van der Waals surface area contributed by atoms with Crippen molar-refractivity contribution in [2.75, 3.05) is 14.2 Å². The normalized spacial score (nSPS) is 16.1. The Hall–Kier alpha value is 0.765. The van der Waals surface area contributed by atoms with Crippen molar-refractivity contribution in [3.8, 4) is 0 Å². The van der Waals surface area contributed by atoms with Gasteiger partial charge in [-0.05, 0) is 0 Å². The molecule has 1 rings (SSSR count).